The molecule has 2 nitrogen and oxygen atoms in total. The lowest BCUT2D eigenvalue weighted by Crippen LogP contribution is -2.05. The minimum Gasteiger partial charge on any atom is -0.465 e. The summed E-state index contributed by atoms with van der Waals surface area (Å²) in [5.74, 6) is 1.52. The van der Waals surface area contributed by atoms with Gasteiger partial charge in [-0.3, -0.25) is 0 Å². The van der Waals surface area contributed by atoms with Crippen LogP contribution < -0.4 is 0 Å². The number of benzene rings is 1. The maximum atomic E-state index is 11.6. The highest BCUT2D eigenvalue weighted by Crippen LogP contribution is 2.33. The van der Waals surface area contributed by atoms with E-state index in [9.17, 15) is 4.79 Å². The predicted molar refractivity (Wildman–Crippen MR) is 76.4 cm³/mol. The molecule has 0 aliphatic heterocycles. The molecule has 0 heterocycles. The van der Waals surface area contributed by atoms with Gasteiger partial charge in [0.2, 0.25) is 0 Å². The predicted octanol–water partition coefficient (Wildman–Crippen LogP) is 4.10. The molecule has 5 heteroatoms. The normalized spacial score (nSPS) is 10.4. The van der Waals surface area contributed by atoms with Crippen LogP contribution in [0.25, 0.3) is 0 Å². The Morgan fingerprint density at radius 3 is 2.71 bits per heavy atom. The highest BCUT2D eigenvalue weighted by Gasteiger charge is 2.17. The Labute approximate surface area is 115 Å². The fourth-order valence-electron chi connectivity index (χ4n) is 1.45. The third kappa shape index (κ3) is 3.57. The highest BCUT2D eigenvalue weighted by molar-refractivity contribution is 7.99. The second-order valence-corrected chi connectivity index (χ2v) is 5.73. The summed E-state index contributed by atoms with van der Waals surface area (Å²) in [5, 5.41) is 0.711. The molecule has 1 aromatic rings. The van der Waals surface area contributed by atoms with E-state index in [1.165, 1.54) is 18.9 Å². The minimum atomic E-state index is -0.311. The molecule has 0 unspecified atom stereocenters. The van der Waals surface area contributed by atoms with Crippen LogP contribution in [0.15, 0.2) is 17.0 Å². The molecular weight excluding hydrogens is 276 g/mol. The monoisotopic (exact) mass is 290 g/mol. The molecule has 0 radical (unpaired) electrons. The standard InChI is InChI=1S/C12H15ClO2S2/c1-4-17-7-9-10(13)6-5-8(11(9)16-3)12(14)15-2/h5-6H,4,7H2,1-3H3. The van der Waals surface area contributed by atoms with Crippen molar-refractivity contribution in [2.75, 3.05) is 19.1 Å². The summed E-state index contributed by atoms with van der Waals surface area (Å²) in [5.41, 5.74) is 1.62. The summed E-state index contributed by atoms with van der Waals surface area (Å²) >= 11 is 9.50. The van der Waals surface area contributed by atoms with Crippen molar-refractivity contribution in [1.29, 1.82) is 0 Å². The minimum absolute atomic E-state index is 0.311. The third-order valence-corrected chi connectivity index (χ3v) is 4.39. The Kier molecular flexibility index (Phi) is 6.23. The van der Waals surface area contributed by atoms with Crippen LogP contribution in [0.3, 0.4) is 0 Å². The quantitative estimate of drug-likeness (QED) is 0.602. The number of carbonyl (C=O) groups is 1. The van der Waals surface area contributed by atoms with Gasteiger partial charge in [0.25, 0.3) is 0 Å². The first kappa shape index (κ1) is 14.7. The van der Waals surface area contributed by atoms with Crippen LogP contribution in [0, 0.1) is 0 Å². The van der Waals surface area contributed by atoms with Crippen LogP contribution in [-0.2, 0) is 10.5 Å². The average Bonchev–Trinajstić information content (AvgIpc) is 2.35. The van der Waals surface area contributed by atoms with E-state index in [4.69, 9.17) is 16.3 Å². The number of halogens is 1. The molecule has 17 heavy (non-hydrogen) atoms. The molecule has 1 rings (SSSR count). The Bertz CT molecular complexity index is 408. The van der Waals surface area contributed by atoms with Crippen LogP contribution in [0.5, 0.6) is 0 Å². The molecule has 0 aromatic heterocycles. The van der Waals surface area contributed by atoms with Gasteiger partial charge in [-0.1, -0.05) is 18.5 Å². The molecule has 1 aromatic carbocycles. The van der Waals surface area contributed by atoms with E-state index < -0.39 is 0 Å². The summed E-state index contributed by atoms with van der Waals surface area (Å²) < 4.78 is 4.78. The molecule has 0 bridgehead atoms. The van der Waals surface area contributed by atoms with Gasteiger partial charge in [-0.2, -0.15) is 11.8 Å². The first-order valence-electron chi connectivity index (χ1n) is 5.17. The van der Waals surface area contributed by atoms with Crippen molar-refractivity contribution >= 4 is 41.1 Å². The molecule has 0 saturated heterocycles. The molecule has 0 atom stereocenters. The second-order valence-electron chi connectivity index (χ2n) is 3.24. The van der Waals surface area contributed by atoms with Crippen LogP contribution in [0.1, 0.15) is 22.8 Å². The number of hydrogen-bond acceptors (Lipinski definition) is 4. The van der Waals surface area contributed by atoms with Gasteiger partial charge in [-0.15, -0.1) is 11.8 Å². The van der Waals surface area contributed by atoms with Crippen LogP contribution in [0.4, 0.5) is 0 Å². The maximum absolute atomic E-state index is 11.6. The van der Waals surface area contributed by atoms with Gasteiger partial charge < -0.3 is 4.74 Å². The molecule has 0 aliphatic carbocycles. The third-order valence-electron chi connectivity index (χ3n) is 2.26. The van der Waals surface area contributed by atoms with E-state index in [2.05, 4.69) is 6.92 Å². The topological polar surface area (TPSA) is 26.3 Å². The molecule has 0 N–H and O–H groups in total. The summed E-state index contributed by atoms with van der Waals surface area (Å²) in [6.45, 7) is 2.10. The van der Waals surface area contributed by atoms with Gasteiger partial charge in [0.05, 0.1) is 12.7 Å². The van der Waals surface area contributed by atoms with E-state index in [1.807, 2.05) is 6.26 Å². The fourth-order valence-corrected chi connectivity index (χ4v) is 3.41. The molecule has 0 fully saturated rings. The lowest BCUT2D eigenvalue weighted by molar-refractivity contribution is 0.0596. The Hall–Kier alpha value is -0.320. The van der Waals surface area contributed by atoms with E-state index in [0.717, 1.165) is 22.0 Å². The number of carbonyl (C=O) groups excluding carboxylic acids is 1. The van der Waals surface area contributed by atoms with Gasteiger partial charge in [0, 0.05) is 15.7 Å². The molecule has 0 spiro atoms. The zero-order valence-electron chi connectivity index (χ0n) is 10.1. The number of thioether (sulfide) groups is 2. The highest BCUT2D eigenvalue weighted by atomic mass is 35.5. The lowest BCUT2D eigenvalue weighted by Gasteiger charge is -2.13. The van der Waals surface area contributed by atoms with Crippen molar-refractivity contribution in [3.05, 3.63) is 28.3 Å². The van der Waals surface area contributed by atoms with Gasteiger partial charge in [0.15, 0.2) is 0 Å². The summed E-state index contributed by atoms with van der Waals surface area (Å²) in [7, 11) is 1.39. The van der Waals surface area contributed by atoms with E-state index in [-0.39, 0.29) is 5.97 Å². The molecule has 0 amide bonds. The largest absolute Gasteiger partial charge is 0.465 e. The maximum Gasteiger partial charge on any atom is 0.339 e. The first-order valence-corrected chi connectivity index (χ1v) is 7.92. The van der Waals surface area contributed by atoms with Crippen molar-refractivity contribution in [3.63, 3.8) is 0 Å². The average molecular weight is 291 g/mol. The lowest BCUT2D eigenvalue weighted by atomic mass is 10.1. The molecular formula is C12H15ClO2S2. The first-order chi connectivity index (χ1) is 8.15. The fraction of sp³-hybridized carbons (Fsp3) is 0.417. The number of rotatable bonds is 5. The number of methoxy groups -OCH3 is 1. The zero-order chi connectivity index (χ0) is 12.8. The van der Waals surface area contributed by atoms with Gasteiger partial charge >= 0.3 is 5.97 Å². The van der Waals surface area contributed by atoms with Crippen molar-refractivity contribution in [3.8, 4) is 0 Å². The number of ether oxygens (including phenoxy) is 1. The van der Waals surface area contributed by atoms with Crippen LogP contribution >= 0.6 is 35.1 Å². The van der Waals surface area contributed by atoms with Gasteiger partial charge in [-0.25, -0.2) is 4.79 Å². The Morgan fingerprint density at radius 2 is 2.18 bits per heavy atom. The number of esters is 1. The SMILES string of the molecule is CCSCc1c(Cl)ccc(C(=O)OC)c1SC. The smallest absolute Gasteiger partial charge is 0.339 e. The molecule has 0 aliphatic rings. The van der Waals surface area contributed by atoms with E-state index >= 15 is 0 Å². The van der Waals surface area contributed by atoms with Crippen molar-refractivity contribution in [1.82, 2.24) is 0 Å². The van der Waals surface area contributed by atoms with E-state index in [0.29, 0.717) is 10.6 Å². The van der Waals surface area contributed by atoms with Crippen LogP contribution in [-0.4, -0.2) is 25.1 Å². The van der Waals surface area contributed by atoms with Gasteiger partial charge in [0.1, 0.15) is 0 Å². The Balaban J connectivity index is 3.21. The number of hydrogen-bond donors (Lipinski definition) is 0. The van der Waals surface area contributed by atoms with Crippen molar-refractivity contribution < 1.29 is 9.53 Å². The van der Waals surface area contributed by atoms with Crippen LogP contribution in [0.2, 0.25) is 5.02 Å². The Morgan fingerprint density at radius 1 is 1.47 bits per heavy atom. The summed E-state index contributed by atoms with van der Waals surface area (Å²) in [6.07, 6.45) is 1.94. The van der Waals surface area contributed by atoms with E-state index in [1.54, 1.807) is 23.9 Å². The summed E-state index contributed by atoms with van der Waals surface area (Å²) in [6, 6.07) is 3.49. The van der Waals surface area contributed by atoms with Crippen molar-refractivity contribution in [2.45, 2.75) is 17.6 Å². The molecule has 0 saturated carbocycles. The summed E-state index contributed by atoms with van der Waals surface area (Å²) in [4.78, 5) is 12.6. The zero-order valence-corrected chi connectivity index (χ0v) is 12.5. The molecule has 94 valence electrons. The van der Waals surface area contributed by atoms with Gasteiger partial charge in [-0.05, 0) is 29.7 Å². The van der Waals surface area contributed by atoms with Crippen molar-refractivity contribution in [2.24, 2.45) is 0 Å². The second kappa shape index (κ2) is 7.19.